The lowest BCUT2D eigenvalue weighted by Gasteiger charge is -2.14. The van der Waals surface area contributed by atoms with Crippen LogP contribution in [0.15, 0.2) is 81.9 Å². The minimum Gasteiger partial charge on any atom is -0.493 e. The second-order valence-electron chi connectivity index (χ2n) is 7.51. The zero-order valence-electron chi connectivity index (χ0n) is 18.5. The van der Waals surface area contributed by atoms with E-state index in [0.717, 1.165) is 15.6 Å². The molecule has 1 heterocycles. The highest BCUT2D eigenvalue weighted by Gasteiger charge is 2.29. The van der Waals surface area contributed by atoms with Crippen LogP contribution < -0.4 is 14.5 Å². The number of nitrogens with zero attached hydrogens (tertiary/aromatic N) is 2. The molecule has 0 spiro atoms. The van der Waals surface area contributed by atoms with Crippen molar-refractivity contribution in [2.75, 3.05) is 12.1 Å². The number of carboxylic acids is 1. The van der Waals surface area contributed by atoms with Gasteiger partial charge in [0.1, 0.15) is 6.61 Å². The molecule has 1 aliphatic heterocycles. The van der Waals surface area contributed by atoms with Crippen molar-refractivity contribution in [1.29, 1.82) is 0 Å². The number of halogens is 1. The number of hydrazone groups is 1. The molecule has 4 rings (SSSR count). The first-order chi connectivity index (χ1) is 16.4. The molecule has 172 valence electrons. The Kier molecular flexibility index (Phi) is 6.79. The van der Waals surface area contributed by atoms with Gasteiger partial charge in [0.2, 0.25) is 0 Å². The molecule has 0 unspecified atom stereocenters. The standard InChI is InChI=1S/C26H21BrN2O5/c1-16-21(25(30)29(28-16)20-10-8-18(9-11-20)26(31)32)12-19-13-23(33-2)24(14-22(19)27)34-15-17-6-4-3-5-7-17/h3-14H,15H2,1-2H3,(H,31,32)/b21-12+. The fraction of sp³-hybridized carbons (Fsp3) is 0.115. The lowest BCUT2D eigenvalue weighted by Crippen LogP contribution is -2.21. The van der Waals surface area contributed by atoms with E-state index in [2.05, 4.69) is 21.0 Å². The fourth-order valence-corrected chi connectivity index (χ4v) is 3.87. The summed E-state index contributed by atoms with van der Waals surface area (Å²) in [5.41, 5.74) is 3.35. The molecular formula is C26H21BrN2O5. The summed E-state index contributed by atoms with van der Waals surface area (Å²) in [6.45, 7) is 2.14. The first-order valence-corrected chi connectivity index (χ1v) is 11.2. The summed E-state index contributed by atoms with van der Waals surface area (Å²) in [6.07, 6.45) is 1.74. The molecule has 0 bridgehead atoms. The predicted molar refractivity (Wildman–Crippen MR) is 133 cm³/mol. The summed E-state index contributed by atoms with van der Waals surface area (Å²) in [5, 5.41) is 14.7. The maximum absolute atomic E-state index is 13.1. The minimum absolute atomic E-state index is 0.137. The maximum Gasteiger partial charge on any atom is 0.335 e. The Bertz CT molecular complexity index is 1300. The van der Waals surface area contributed by atoms with Crippen molar-refractivity contribution >= 4 is 45.3 Å². The number of amides is 1. The van der Waals surface area contributed by atoms with Crippen molar-refractivity contribution in [3.8, 4) is 11.5 Å². The van der Waals surface area contributed by atoms with Crippen LogP contribution in [0.3, 0.4) is 0 Å². The molecule has 8 heteroatoms. The molecule has 1 aliphatic rings. The van der Waals surface area contributed by atoms with Crippen LogP contribution in [-0.2, 0) is 11.4 Å². The predicted octanol–water partition coefficient (Wildman–Crippen LogP) is 5.54. The number of hydrogen-bond donors (Lipinski definition) is 1. The summed E-state index contributed by atoms with van der Waals surface area (Å²) in [4.78, 5) is 24.2. The van der Waals surface area contributed by atoms with Crippen LogP contribution >= 0.6 is 15.9 Å². The third kappa shape index (κ3) is 4.87. The van der Waals surface area contributed by atoms with Gasteiger partial charge in [0.25, 0.3) is 5.91 Å². The van der Waals surface area contributed by atoms with Gasteiger partial charge in [-0.25, -0.2) is 4.79 Å². The maximum atomic E-state index is 13.1. The summed E-state index contributed by atoms with van der Waals surface area (Å²) in [6, 6.07) is 19.4. The van der Waals surface area contributed by atoms with Gasteiger partial charge in [0, 0.05) is 4.47 Å². The van der Waals surface area contributed by atoms with Crippen LogP contribution in [0.4, 0.5) is 5.69 Å². The van der Waals surface area contributed by atoms with Crippen molar-refractivity contribution < 1.29 is 24.2 Å². The lowest BCUT2D eigenvalue weighted by atomic mass is 10.1. The van der Waals surface area contributed by atoms with Crippen LogP contribution in [0.25, 0.3) is 6.08 Å². The van der Waals surface area contributed by atoms with Crippen molar-refractivity contribution in [1.82, 2.24) is 0 Å². The molecule has 0 atom stereocenters. The normalized spacial score (nSPS) is 14.3. The largest absolute Gasteiger partial charge is 0.493 e. The average molecular weight is 521 g/mol. The van der Waals surface area contributed by atoms with E-state index in [0.29, 0.717) is 35.1 Å². The SMILES string of the molecule is COc1cc(/C=C2/C(=O)N(c3ccc(C(=O)O)cc3)N=C2C)c(Br)cc1OCc1ccccc1. The Morgan fingerprint density at radius 2 is 1.79 bits per heavy atom. The van der Waals surface area contributed by atoms with Gasteiger partial charge in [0.05, 0.1) is 29.6 Å². The van der Waals surface area contributed by atoms with E-state index >= 15 is 0 Å². The molecule has 7 nitrogen and oxygen atoms in total. The second-order valence-corrected chi connectivity index (χ2v) is 8.37. The van der Waals surface area contributed by atoms with Crippen molar-refractivity contribution in [3.63, 3.8) is 0 Å². The summed E-state index contributed by atoms with van der Waals surface area (Å²) in [7, 11) is 1.56. The van der Waals surface area contributed by atoms with E-state index in [1.807, 2.05) is 36.4 Å². The van der Waals surface area contributed by atoms with Crippen LogP contribution in [0.2, 0.25) is 0 Å². The Labute approximate surface area is 205 Å². The Hall–Kier alpha value is -3.91. The third-order valence-corrected chi connectivity index (χ3v) is 5.93. The molecule has 0 saturated heterocycles. The van der Waals surface area contributed by atoms with Gasteiger partial charge in [-0.1, -0.05) is 46.3 Å². The number of anilines is 1. The van der Waals surface area contributed by atoms with Crippen LogP contribution in [0.1, 0.15) is 28.4 Å². The molecule has 0 aromatic heterocycles. The highest BCUT2D eigenvalue weighted by atomic mass is 79.9. The van der Waals surface area contributed by atoms with Gasteiger partial charge in [0.15, 0.2) is 11.5 Å². The average Bonchev–Trinajstić information content (AvgIpc) is 3.13. The van der Waals surface area contributed by atoms with Gasteiger partial charge in [-0.15, -0.1) is 0 Å². The highest BCUT2D eigenvalue weighted by Crippen LogP contribution is 2.36. The van der Waals surface area contributed by atoms with Crippen LogP contribution in [0.5, 0.6) is 11.5 Å². The second kappa shape index (κ2) is 9.93. The molecule has 0 radical (unpaired) electrons. The number of ether oxygens (including phenoxy) is 2. The Morgan fingerprint density at radius 3 is 2.44 bits per heavy atom. The zero-order chi connectivity index (χ0) is 24.2. The first-order valence-electron chi connectivity index (χ1n) is 10.4. The fourth-order valence-electron chi connectivity index (χ4n) is 3.43. The topological polar surface area (TPSA) is 88.4 Å². The van der Waals surface area contributed by atoms with Crippen LogP contribution in [-0.4, -0.2) is 29.8 Å². The zero-order valence-corrected chi connectivity index (χ0v) is 20.1. The Morgan fingerprint density at radius 1 is 1.09 bits per heavy atom. The summed E-state index contributed by atoms with van der Waals surface area (Å²) >= 11 is 3.56. The number of benzene rings is 3. The highest BCUT2D eigenvalue weighted by molar-refractivity contribution is 9.10. The number of carbonyl (C=O) groups excluding carboxylic acids is 1. The Balaban J connectivity index is 1.58. The van der Waals surface area contributed by atoms with Crippen molar-refractivity contribution in [2.45, 2.75) is 13.5 Å². The van der Waals surface area contributed by atoms with Crippen molar-refractivity contribution in [3.05, 3.63) is 93.5 Å². The molecule has 3 aromatic rings. The van der Waals surface area contributed by atoms with E-state index in [4.69, 9.17) is 14.6 Å². The lowest BCUT2D eigenvalue weighted by molar-refractivity contribution is -0.114. The van der Waals surface area contributed by atoms with Gasteiger partial charge in [-0.05, 0) is 60.5 Å². The van der Waals surface area contributed by atoms with E-state index < -0.39 is 5.97 Å². The molecule has 0 aliphatic carbocycles. The molecule has 34 heavy (non-hydrogen) atoms. The third-order valence-electron chi connectivity index (χ3n) is 5.24. The monoisotopic (exact) mass is 520 g/mol. The first kappa shape index (κ1) is 23.3. The molecular weight excluding hydrogens is 500 g/mol. The van der Waals surface area contributed by atoms with Gasteiger partial charge < -0.3 is 14.6 Å². The van der Waals surface area contributed by atoms with E-state index in [9.17, 15) is 9.59 Å². The minimum atomic E-state index is -1.03. The number of rotatable bonds is 7. The quantitative estimate of drug-likeness (QED) is 0.413. The van der Waals surface area contributed by atoms with Crippen LogP contribution in [0, 0.1) is 0 Å². The van der Waals surface area contributed by atoms with Gasteiger partial charge in [-0.3, -0.25) is 4.79 Å². The van der Waals surface area contributed by atoms with Gasteiger partial charge in [-0.2, -0.15) is 10.1 Å². The smallest absolute Gasteiger partial charge is 0.335 e. The number of carboxylic acid groups (broad SMARTS) is 1. The van der Waals surface area contributed by atoms with E-state index in [-0.39, 0.29) is 11.5 Å². The molecule has 3 aromatic carbocycles. The molecule has 1 N–H and O–H groups in total. The van der Waals surface area contributed by atoms with E-state index in [1.54, 1.807) is 38.3 Å². The van der Waals surface area contributed by atoms with Gasteiger partial charge >= 0.3 is 5.97 Å². The number of aromatic carboxylic acids is 1. The summed E-state index contributed by atoms with van der Waals surface area (Å²) in [5.74, 6) is -0.235. The number of carbonyl (C=O) groups is 2. The number of hydrogen-bond acceptors (Lipinski definition) is 5. The molecule has 1 amide bonds. The molecule has 0 fully saturated rings. The van der Waals surface area contributed by atoms with E-state index in [1.165, 1.54) is 17.1 Å². The summed E-state index contributed by atoms with van der Waals surface area (Å²) < 4.78 is 12.2. The molecule has 0 saturated carbocycles. The van der Waals surface area contributed by atoms with Crippen molar-refractivity contribution in [2.24, 2.45) is 5.10 Å². The number of methoxy groups -OCH3 is 1.